The lowest BCUT2D eigenvalue weighted by Crippen LogP contribution is -2.22. The van der Waals surface area contributed by atoms with E-state index in [1.165, 1.54) is 11.1 Å². The first-order chi connectivity index (χ1) is 8.58. The maximum atomic E-state index is 12.1. The molecular formula is C15H18N2O. The van der Waals surface area contributed by atoms with Crippen molar-refractivity contribution >= 4 is 11.6 Å². The molecule has 94 valence electrons. The van der Waals surface area contributed by atoms with Crippen molar-refractivity contribution in [3.8, 4) is 0 Å². The van der Waals surface area contributed by atoms with E-state index < -0.39 is 0 Å². The van der Waals surface area contributed by atoms with Crippen LogP contribution in [0.25, 0.3) is 0 Å². The summed E-state index contributed by atoms with van der Waals surface area (Å²) in [7, 11) is 0. The third-order valence-corrected chi connectivity index (χ3v) is 3.23. The number of aromatic nitrogens is 1. The Balaban J connectivity index is 2.09. The summed E-state index contributed by atoms with van der Waals surface area (Å²) in [5.41, 5.74) is 3.26. The molecule has 1 atom stereocenters. The van der Waals surface area contributed by atoms with Gasteiger partial charge in [-0.05, 0) is 56.2 Å². The summed E-state index contributed by atoms with van der Waals surface area (Å²) in [5, 5.41) is 2.94. The first-order valence-corrected chi connectivity index (χ1v) is 6.08. The normalized spacial score (nSPS) is 12.2. The molecular weight excluding hydrogens is 224 g/mol. The fourth-order valence-electron chi connectivity index (χ4n) is 1.81. The minimum atomic E-state index is -0.207. The lowest BCUT2D eigenvalue weighted by Gasteiger charge is -2.14. The molecule has 0 bridgehead atoms. The minimum Gasteiger partial charge on any atom is -0.342 e. The van der Waals surface area contributed by atoms with Crippen molar-refractivity contribution in [1.82, 2.24) is 4.57 Å². The monoisotopic (exact) mass is 242 g/mol. The maximum Gasteiger partial charge on any atom is 0.247 e. The second kappa shape index (κ2) is 5.08. The van der Waals surface area contributed by atoms with Gasteiger partial charge in [-0.3, -0.25) is 4.79 Å². The van der Waals surface area contributed by atoms with Crippen molar-refractivity contribution < 1.29 is 4.79 Å². The van der Waals surface area contributed by atoms with Crippen LogP contribution in [-0.2, 0) is 4.79 Å². The molecule has 0 fully saturated rings. The molecule has 0 saturated carbocycles. The van der Waals surface area contributed by atoms with Crippen LogP contribution < -0.4 is 5.32 Å². The van der Waals surface area contributed by atoms with Crippen molar-refractivity contribution in [1.29, 1.82) is 0 Å². The summed E-state index contributed by atoms with van der Waals surface area (Å²) < 4.78 is 1.89. The van der Waals surface area contributed by atoms with E-state index in [0.29, 0.717) is 0 Å². The average Bonchev–Trinajstić information content (AvgIpc) is 2.86. The number of nitrogens with zero attached hydrogens (tertiary/aromatic N) is 1. The Morgan fingerprint density at radius 1 is 1.17 bits per heavy atom. The molecule has 0 aliphatic heterocycles. The van der Waals surface area contributed by atoms with E-state index in [2.05, 4.69) is 12.2 Å². The Morgan fingerprint density at radius 3 is 2.44 bits per heavy atom. The number of aryl methyl sites for hydroxylation is 2. The molecule has 0 radical (unpaired) electrons. The van der Waals surface area contributed by atoms with Crippen LogP contribution in [0.2, 0.25) is 0 Å². The highest BCUT2D eigenvalue weighted by atomic mass is 16.2. The number of benzene rings is 1. The van der Waals surface area contributed by atoms with Crippen LogP contribution in [-0.4, -0.2) is 10.5 Å². The van der Waals surface area contributed by atoms with Crippen LogP contribution in [0.4, 0.5) is 5.69 Å². The van der Waals surface area contributed by atoms with Gasteiger partial charge in [-0.25, -0.2) is 0 Å². The topological polar surface area (TPSA) is 34.0 Å². The van der Waals surface area contributed by atoms with Crippen LogP contribution in [0.15, 0.2) is 42.7 Å². The standard InChI is InChI=1S/C15H18N2O/c1-11-6-7-14(10-12(11)2)16-15(18)13(3)17-8-4-5-9-17/h4-10,13H,1-3H3,(H,16,18)/t13-/m0/s1. The van der Waals surface area contributed by atoms with Crippen molar-refractivity contribution in [3.05, 3.63) is 53.9 Å². The lowest BCUT2D eigenvalue weighted by molar-refractivity contribution is -0.118. The molecule has 0 aliphatic rings. The van der Waals surface area contributed by atoms with Crippen LogP contribution in [0.5, 0.6) is 0 Å². The molecule has 1 heterocycles. The van der Waals surface area contributed by atoms with Gasteiger partial charge in [0.05, 0.1) is 0 Å². The largest absolute Gasteiger partial charge is 0.342 e. The molecule has 0 unspecified atom stereocenters. The zero-order chi connectivity index (χ0) is 13.1. The van der Waals surface area contributed by atoms with Gasteiger partial charge >= 0.3 is 0 Å². The molecule has 3 nitrogen and oxygen atoms in total. The predicted octanol–water partition coefficient (Wildman–Crippen LogP) is 3.30. The Hall–Kier alpha value is -2.03. The Bertz CT molecular complexity index is 544. The van der Waals surface area contributed by atoms with E-state index in [9.17, 15) is 4.79 Å². The summed E-state index contributed by atoms with van der Waals surface area (Å²) in [4.78, 5) is 12.1. The highest BCUT2D eigenvalue weighted by molar-refractivity contribution is 5.93. The van der Waals surface area contributed by atoms with Gasteiger partial charge in [0.2, 0.25) is 5.91 Å². The lowest BCUT2D eigenvalue weighted by atomic mass is 10.1. The molecule has 1 aromatic carbocycles. The zero-order valence-corrected chi connectivity index (χ0v) is 11.0. The SMILES string of the molecule is Cc1ccc(NC(=O)[C@H](C)n2cccc2)cc1C. The second-order valence-electron chi connectivity index (χ2n) is 4.59. The van der Waals surface area contributed by atoms with Gasteiger partial charge < -0.3 is 9.88 Å². The number of anilines is 1. The van der Waals surface area contributed by atoms with E-state index in [0.717, 1.165) is 5.69 Å². The molecule has 1 amide bonds. The average molecular weight is 242 g/mol. The number of hydrogen-bond donors (Lipinski definition) is 1. The number of hydrogen-bond acceptors (Lipinski definition) is 1. The van der Waals surface area contributed by atoms with E-state index >= 15 is 0 Å². The molecule has 3 heteroatoms. The molecule has 1 aromatic heterocycles. The summed E-state index contributed by atoms with van der Waals surface area (Å²) in [6.45, 7) is 5.99. The third-order valence-electron chi connectivity index (χ3n) is 3.23. The summed E-state index contributed by atoms with van der Waals surface area (Å²) in [5.74, 6) is -0.00514. The quantitative estimate of drug-likeness (QED) is 0.880. The van der Waals surface area contributed by atoms with Gasteiger partial charge in [0.25, 0.3) is 0 Å². The van der Waals surface area contributed by atoms with Gasteiger partial charge in [0.1, 0.15) is 6.04 Å². The molecule has 2 rings (SSSR count). The van der Waals surface area contributed by atoms with Gasteiger partial charge in [-0.2, -0.15) is 0 Å². The van der Waals surface area contributed by atoms with E-state index in [-0.39, 0.29) is 11.9 Å². The van der Waals surface area contributed by atoms with Crippen LogP contribution in [0.3, 0.4) is 0 Å². The molecule has 2 aromatic rings. The van der Waals surface area contributed by atoms with E-state index in [4.69, 9.17) is 0 Å². The summed E-state index contributed by atoms with van der Waals surface area (Å²) >= 11 is 0. The first-order valence-electron chi connectivity index (χ1n) is 6.08. The number of carbonyl (C=O) groups excluding carboxylic acids is 1. The van der Waals surface area contributed by atoms with Crippen molar-refractivity contribution in [2.75, 3.05) is 5.32 Å². The fraction of sp³-hybridized carbons (Fsp3) is 0.267. The van der Waals surface area contributed by atoms with Crippen molar-refractivity contribution in [3.63, 3.8) is 0 Å². The van der Waals surface area contributed by atoms with Gasteiger partial charge in [0.15, 0.2) is 0 Å². The number of carbonyl (C=O) groups is 1. The van der Waals surface area contributed by atoms with Crippen molar-refractivity contribution in [2.24, 2.45) is 0 Å². The van der Waals surface area contributed by atoms with E-state index in [1.54, 1.807) is 0 Å². The van der Waals surface area contributed by atoms with Gasteiger partial charge in [0, 0.05) is 18.1 Å². The Labute approximate surface area is 107 Å². The van der Waals surface area contributed by atoms with Crippen LogP contribution in [0, 0.1) is 13.8 Å². The summed E-state index contributed by atoms with van der Waals surface area (Å²) in [6.07, 6.45) is 3.79. The molecule has 1 N–H and O–H groups in total. The highest BCUT2D eigenvalue weighted by Crippen LogP contribution is 2.16. The molecule has 0 aliphatic carbocycles. The number of amides is 1. The van der Waals surface area contributed by atoms with Crippen LogP contribution >= 0.6 is 0 Å². The predicted molar refractivity (Wildman–Crippen MR) is 73.7 cm³/mol. The molecule has 0 spiro atoms. The van der Waals surface area contributed by atoms with Gasteiger partial charge in [-0.1, -0.05) is 6.07 Å². The third kappa shape index (κ3) is 2.62. The summed E-state index contributed by atoms with van der Waals surface area (Å²) in [6, 6.07) is 9.57. The smallest absolute Gasteiger partial charge is 0.247 e. The minimum absolute atomic E-state index is 0.00514. The van der Waals surface area contributed by atoms with E-state index in [1.807, 2.05) is 61.1 Å². The maximum absolute atomic E-state index is 12.1. The Kier molecular flexibility index (Phi) is 3.51. The zero-order valence-electron chi connectivity index (χ0n) is 11.0. The molecule has 0 saturated heterocycles. The fourth-order valence-corrected chi connectivity index (χ4v) is 1.81. The van der Waals surface area contributed by atoms with Crippen molar-refractivity contribution in [2.45, 2.75) is 26.8 Å². The number of rotatable bonds is 3. The second-order valence-corrected chi connectivity index (χ2v) is 4.59. The highest BCUT2D eigenvalue weighted by Gasteiger charge is 2.13. The Morgan fingerprint density at radius 2 is 1.83 bits per heavy atom. The van der Waals surface area contributed by atoms with Gasteiger partial charge in [-0.15, -0.1) is 0 Å². The number of nitrogens with one attached hydrogen (secondary N) is 1. The molecule has 18 heavy (non-hydrogen) atoms. The first kappa shape index (κ1) is 12.4. The van der Waals surface area contributed by atoms with Crippen LogP contribution in [0.1, 0.15) is 24.1 Å².